The van der Waals surface area contributed by atoms with E-state index in [0.29, 0.717) is 37.9 Å². The van der Waals surface area contributed by atoms with Gasteiger partial charge in [0.25, 0.3) is 0 Å². The number of rotatable bonds is 9. The van der Waals surface area contributed by atoms with Crippen LogP contribution in [0.2, 0.25) is 0 Å². The average molecular weight is 383 g/mol. The maximum absolute atomic E-state index is 12.5. The number of halogens is 1. The van der Waals surface area contributed by atoms with Crippen LogP contribution in [-0.2, 0) is 21.3 Å². The van der Waals surface area contributed by atoms with Gasteiger partial charge in [0, 0.05) is 39.4 Å². The van der Waals surface area contributed by atoms with Gasteiger partial charge >= 0.3 is 0 Å². The van der Waals surface area contributed by atoms with Crippen LogP contribution in [0.15, 0.2) is 20.0 Å². The molecule has 21 heavy (non-hydrogen) atoms. The van der Waals surface area contributed by atoms with Crippen LogP contribution in [0.1, 0.15) is 26.0 Å². The summed E-state index contributed by atoms with van der Waals surface area (Å²) in [6, 6.07) is 1.85. The molecule has 0 aliphatic carbocycles. The summed E-state index contributed by atoms with van der Waals surface area (Å²) in [7, 11) is -0.414. The van der Waals surface area contributed by atoms with Crippen molar-refractivity contribution in [1.29, 1.82) is 0 Å². The van der Waals surface area contributed by atoms with Crippen LogP contribution >= 0.6 is 15.9 Å². The quantitative estimate of drug-likeness (QED) is 0.662. The van der Waals surface area contributed by atoms with Crippen molar-refractivity contribution in [2.75, 3.05) is 27.3 Å². The van der Waals surface area contributed by atoms with Crippen LogP contribution in [0.3, 0.4) is 0 Å². The van der Waals surface area contributed by atoms with Crippen molar-refractivity contribution in [1.82, 2.24) is 9.62 Å². The third kappa shape index (κ3) is 5.37. The van der Waals surface area contributed by atoms with Crippen molar-refractivity contribution >= 4 is 26.0 Å². The largest absolute Gasteiger partial charge is 0.452 e. The third-order valence-corrected chi connectivity index (χ3v) is 5.61. The van der Waals surface area contributed by atoms with Gasteiger partial charge in [-0.25, -0.2) is 12.7 Å². The maximum atomic E-state index is 12.5. The van der Waals surface area contributed by atoms with Crippen LogP contribution in [0.4, 0.5) is 0 Å². The zero-order valence-electron chi connectivity index (χ0n) is 12.8. The highest BCUT2D eigenvalue weighted by Crippen LogP contribution is 2.28. The summed E-state index contributed by atoms with van der Waals surface area (Å²) < 4.78 is 36.9. The molecule has 122 valence electrons. The molecule has 1 rings (SSSR count). The molecule has 1 N–H and O–H groups in total. The van der Waals surface area contributed by atoms with Crippen LogP contribution in [0.25, 0.3) is 0 Å². The van der Waals surface area contributed by atoms with Crippen molar-refractivity contribution in [3.05, 3.63) is 16.5 Å². The van der Waals surface area contributed by atoms with Crippen molar-refractivity contribution in [2.45, 2.75) is 37.8 Å². The van der Waals surface area contributed by atoms with Crippen molar-refractivity contribution in [3.8, 4) is 0 Å². The van der Waals surface area contributed by atoms with Crippen molar-refractivity contribution < 1.29 is 17.6 Å². The monoisotopic (exact) mass is 382 g/mol. The Morgan fingerprint density at radius 1 is 1.48 bits per heavy atom. The smallest absolute Gasteiger partial charge is 0.247 e. The lowest BCUT2D eigenvalue weighted by atomic mass is 10.3. The fraction of sp³-hybridized carbons (Fsp3) is 0.692. The van der Waals surface area contributed by atoms with E-state index in [1.807, 2.05) is 13.8 Å². The Morgan fingerprint density at radius 2 is 2.14 bits per heavy atom. The molecule has 1 aromatic rings. The first-order valence-electron chi connectivity index (χ1n) is 6.76. The lowest BCUT2D eigenvalue weighted by molar-refractivity contribution is 0.189. The van der Waals surface area contributed by atoms with E-state index < -0.39 is 10.0 Å². The predicted molar refractivity (Wildman–Crippen MR) is 84.7 cm³/mol. The van der Waals surface area contributed by atoms with Crippen LogP contribution < -0.4 is 5.32 Å². The maximum Gasteiger partial charge on any atom is 0.247 e. The highest BCUT2D eigenvalue weighted by atomic mass is 79.9. The van der Waals surface area contributed by atoms with Gasteiger partial charge in [-0.05, 0) is 22.4 Å². The van der Waals surface area contributed by atoms with E-state index in [0.717, 1.165) is 0 Å². The molecule has 1 aromatic heterocycles. The van der Waals surface area contributed by atoms with E-state index in [9.17, 15) is 8.42 Å². The van der Waals surface area contributed by atoms with Gasteiger partial charge in [-0.3, -0.25) is 0 Å². The van der Waals surface area contributed by atoms with Crippen LogP contribution in [-0.4, -0.2) is 46.1 Å². The number of hydrogen-bond acceptors (Lipinski definition) is 5. The SMILES string of the molecule is COCCCN(C)S(=O)(=O)c1cc(CNC(C)C)oc1Br. The molecule has 1 heterocycles. The molecule has 6 nitrogen and oxygen atoms in total. The zero-order chi connectivity index (χ0) is 16.0. The minimum atomic E-state index is -3.56. The Labute approximate surface area is 135 Å². The van der Waals surface area contributed by atoms with E-state index in [4.69, 9.17) is 9.15 Å². The Hall–Kier alpha value is -0.410. The molecule has 0 saturated carbocycles. The second-order valence-corrected chi connectivity index (χ2v) is 7.79. The molecule has 0 fully saturated rings. The van der Waals surface area contributed by atoms with Crippen LogP contribution in [0, 0.1) is 0 Å². The lowest BCUT2D eigenvalue weighted by Gasteiger charge is -2.15. The first-order valence-corrected chi connectivity index (χ1v) is 8.99. The lowest BCUT2D eigenvalue weighted by Crippen LogP contribution is -2.28. The fourth-order valence-corrected chi connectivity index (χ4v) is 3.85. The standard InChI is InChI=1S/C13H23BrN2O4S/c1-10(2)15-9-11-8-12(13(14)20-11)21(17,18)16(3)6-5-7-19-4/h8,10,15H,5-7,9H2,1-4H3. The van der Waals surface area contributed by atoms with Crippen molar-refractivity contribution in [3.63, 3.8) is 0 Å². The average Bonchev–Trinajstić information content (AvgIpc) is 2.78. The van der Waals surface area contributed by atoms with E-state index in [1.54, 1.807) is 20.2 Å². The number of nitrogens with one attached hydrogen (secondary N) is 1. The molecule has 0 spiro atoms. The molecule has 0 unspecified atom stereocenters. The second kappa shape index (κ2) is 8.28. The highest BCUT2D eigenvalue weighted by Gasteiger charge is 2.26. The summed E-state index contributed by atoms with van der Waals surface area (Å²) in [4.78, 5) is 0.156. The molecule has 8 heteroatoms. The number of ether oxygens (including phenoxy) is 1. The molecule has 0 amide bonds. The third-order valence-electron chi connectivity index (χ3n) is 2.90. The first-order chi connectivity index (χ1) is 9.78. The van der Waals surface area contributed by atoms with Gasteiger partial charge < -0.3 is 14.5 Å². The summed E-state index contributed by atoms with van der Waals surface area (Å²) in [5, 5.41) is 3.19. The molecule has 0 bridgehead atoms. The van der Waals surface area contributed by atoms with Gasteiger partial charge in [0.15, 0.2) is 4.67 Å². The highest BCUT2D eigenvalue weighted by molar-refractivity contribution is 9.10. The molecular formula is C13H23BrN2O4S. The summed E-state index contributed by atoms with van der Waals surface area (Å²) >= 11 is 3.19. The van der Waals surface area contributed by atoms with E-state index in [2.05, 4.69) is 21.2 Å². The number of nitrogens with zero attached hydrogens (tertiary/aromatic N) is 1. The normalized spacial score (nSPS) is 12.5. The van der Waals surface area contributed by atoms with E-state index >= 15 is 0 Å². The van der Waals surface area contributed by atoms with Gasteiger partial charge in [-0.15, -0.1) is 0 Å². The number of sulfonamides is 1. The minimum Gasteiger partial charge on any atom is -0.452 e. The van der Waals surface area contributed by atoms with Gasteiger partial charge in [-0.2, -0.15) is 0 Å². The Morgan fingerprint density at radius 3 is 2.71 bits per heavy atom. The van der Waals surface area contributed by atoms with E-state index in [1.165, 1.54) is 4.31 Å². The molecule has 0 atom stereocenters. The summed E-state index contributed by atoms with van der Waals surface area (Å²) in [6.45, 7) is 5.43. The number of furan rings is 1. The van der Waals surface area contributed by atoms with E-state index in [-0.39, 0.29) is 9.56 Å². The minimum absolute atomic E-state index is 0.156. The Kier molecular flexibility index (Phi) is 7.35. The molecular weight excluding hydrogens is 360 g/mol. The van der Waals surface area contributed by atoms with Crippen LogP contribution in [0.5, 0.6) is 0 Å². The second-order valence-electron chi connectivity index (χ2n) is 5.06. The predicted octanol–water partition coefficient (Wildman–Crippen LogP) is 2.20. The number of methoxy groups -OCH3 is 1. The Bertz CT molecular complexity index is 542. The summed E-state index contributed by atoms with van der Waals surface area (Å²) in [6.07, 6.45) is 0.642. The molecule has 0 radical (unpaired) electrons. The van der Waals surface area contributed by atoms with Gasteiger partial charge in [0.05, 0.1) is 6.54 Å². The van der Waals surface area contributed by atoms with Crippen molar-refractivity contribution in [2.24, 2.45) is 0 Å². The molecule has 0 aromatic carbocycles. The van der Waals surface area contributed by atoms with Gasteiger partial charge in [0.2, 0.25) is 10.0 Å². The molecule has 0 saturated heterocycles. The number of hydrogen-bond donors (Lipinski definition) is 1. The molecule has 0 aliphatic rings. The Balaban J connectivity index is 2.82. The summed E-state index contributed by atoms with van der Waals surface area (Å²) in [5.41, 5.74) is 0. The topological polar surface area (TPSA) is 71.8 Å². The first kappa shape index (κ1) is 18.6. The zero-order valence-corrected chi connectivity index (χ0v) is 15.3. The van der Waals surface area contributed by atoms with Gasteiger partial charge in [0.1, 0.15) is 10.7 Å². The molecule has 0 aliphatic heterocycles. The fourth-order valence-electron chi connectivity index (χ4n) is 1.69. The summed E-state index contributed by atoms with van der Waals surface area (Å²) in [5.74, 6) is 0.583. The van der Waals surface area contributed by atoms with Gasteiger partial charge in [-0.1, -0.05) is 13.8 Å².